The van der Waals surface area contributed by atoms with Crippen molar-refractivity contribution in [1.29, 1.82) is 0 Å². The molecule has 0 saturated heterocycles. The van der Waals surface area contributed by atoms with E-state index in [4.69, 9.17) is 4.99 Å². The number of rotatable bonds is 7. The molecule has 0 spiro atoms. The van der Waals surface area contributed by atoms with Crippen molar-refractivity contribution in [3.8, 4) is 0 Å². The Morgan fingerprint density at radius 1 is 1.25 bits per heavy atom. The molecule has 1 aromatic carbocycles. The van der Waals surface area contributed by atoms with Crippen LogP contribution >= 0.6 is 0 Å². The quantitative estimate of drug-likeness (QED) is 0.436. The summed E-state index contributed by atoms with van der Waals surface area (Å²) in [5.41, 5.74) is 3.80. The van der Waals surface area contributed by atoms with Crippen LogP contribution in [0.4, 0.5) is 0 Å². The van der Waals surface area contributed by atoms with Crippen molar-refractivity contribution >= 4 is 5.96 Å². The van der Waals surface area contributed by atoms with Gasteiger partial charge in [0.15, 0.2) is 5.96 Å². The Morgan fingerprint density at radius 2 is 2.11 bits per heavy atom. The minimum atomic E-state index is 0.0325. The SMILES string of the molecule is CCNC(=NCc1ccc(C)cc1C)NCCCn1nc2n(c1=O)CCCC2. The number of nitrogens with one attached hydrogen (secondary N) is 2. The number of aromatic nitrogens is 3. The molecule has 0 unspecified atom stereocenters. The van der Waals surface area contributed by atoms with E-state index >= 15 is 0 Å². The molecule has 7 nitrogen and oxygen atoms in total. The summed E-state index contributed by atoms with van der Waals surface area (Å²) in [5.74, 6) is 1.74. The van der Waals surface area contributed by atoms with E-state index in [2.05, 4.69) is 54.7 Å². The molecule has 152 valence electrons. The topological polar surface area (TPSA) is 76.2 Å². The fourth-order valence-corrected chi connectivity index (χ4v) is 3.56. The molecule has 7 heteroatoms. The van der Waals surface area contributed by atoms with Gasteiger partial charge in [-0.3, -0.25) is 4.57 Å². The van der Waals surface area contributed by atoms with Gasteiger partial charge in [0, 0.05) is 32.6 Å². The van der Waals surface area contributed by atoms with E-state index < -0.39 is 0 Å². The number of hydrogen-bond acceptors (Lipinski definition) is 3. The molecular formula is C21H32N6O. The lowest BCUT2D eigenvalue weighted by molar-refractivity contribution is 0.509. The van der Waals surface area contributed by atoms with E-state index in [0.29, 0.717) is 13.1 Å². The Bertz CT molecular complexity index is 880. The summed E-state index contributed by atoms with van der Waals surface area (Å²) in [7, 11) is 0. The molecule has 1 aromatic heterocycles. The van der Waals surface area contributed by atoms with Crippen molar-refractivity contribution in [2.24, 2.45) is 4.99 Å². The number of benzene rings is 1. The lowest BCUT2D eigenvalue weighted by Gasteiger charge is -2.12. The molecule has 0 aliphatic carbocycles. The highest BCUT2D eigenvalue weighted by Crippen LogP contribution is 2.11. The van der Waals surface area contributed by atoms with Crippen molar-refractivity contribution in [3.05, 3.63) is 51.2 Å². The molecule has 0 fully saturated rings. The van der Waals surface area contributed by atoms with Crippen LogP contribution in [-0.2, 0) is 26.1 Å². The molecule has 0 bridgehead atoms. The number of nitrogens with zero attached hydrogens (tertiary/aromatic N) is 4. The average Bonchev–Trinajstić information content (AvgIpc) is 3.00. The van der Waals surface area contributed by atoms with Gasteiger partial charge in [0.1, 0.15) is 5.82 Å². The van der Waals surface area contributed by atoms with Gasteiger partial charge in [0.2, 0.25) is 0 Å². The number of fused-ring (bicyclic) bond motifs is 1. The largest absolute Gasteiger partial charge is 0.357 e. The van der Waals surface area contributed by atoms with Crippen LogP contribution in [0, 0.1) is 13.8 Å². The summed E-state index contributed by atoms with van der Waals surface area (Å²) in [4.78, 5) is 17.1. The molecule has 2 aromatic rings. The zero-order valence-electron chi connectivity index (χ0n) is 17.3. The van der Waals surface area contributed by atoms with E-state index in [1.165, 1.54) is 16.7 Å². The zero-order chi connectivity index (χ0) is 19.9. The normalized spacial score (nSPS) is 14.0. The predicted octanol–water partition coefficient (Wildman–Crippen LogP) is 2.14. The summed E-state index contributed by atoms with van der Waals surface area (Å²) in [5, 5.41) is 11.1. The van der Waals surface area contributed by atoms with Crippen LogP contribution in [0.2, 0.25) is 0 Å². The van der Waals surface area contributed by atoms with Crippen LogP contribution in [0.5, 0.6) is 0 Å². The second kappa shape index (κ2) is 9.57. The first kappa shape index (κ1) is 20.2. The van der Waals surface area contributed by atoms with E-state index in [9.17, 15) is 4.79 Å². The highest BCUT2D eigenvalue weighted by atomic mass is 16.2. The Morgan fingerprint density at radius 3 is 2.86 bits per heavy atom. The Hall–Kier alpha value is -2.57. The van der Waals surface area contributed by atoms with Crippen LogP contribution in [0.25, 0.3) is 0 Å². The maximum atomic E-state index is 12.4. The van der Waals surface area contributed by atoms with Crippen LogP contribution in [0.15, 0.2) is 28.0 Å². The van der Waals surface area contributed by atoms with Crippen LogP contribution in [0.1, 0.15) is 48.7 Å². The number of aliphatic imine (C=N–C) groups is 1. The second-order valence-electron chi connectivity index (χ2n) is 7.44. The van der Waals surface area contributed by atoms with Crippen LogP contribution < -0.4 is 16.3 Å². The van der Waals surface area contributed by atoms with E-state index in [1.54, 1.807) is 4.68 Å². The summed E-state index contributed by atoms with van der Waals surface area (Å²) in [6.07, 6.45) is 3.94. The van der Waals surface area contributed by atoms with Gasteiger partial charge in [0.25, 0.3) is 0 Å². The van der Waals surface area contributed by atoms with Crippen molar-refractivity contribution in [2.75, 3.05) is 13.1 Å². The van der Waals surface area contributed by atoms with Gasteiger partial charge in [-0.05, 0) is 51.2 Å². The standard InChI is InChI=1S/C21H32N6O/c1-4-22-20(24-15-18-10-9-16(2)14-17(18)3)23-11-7-13-27-21(28)26-12-6-5-8-19(26)25-27/h9-10,14H,4-8,11-13,15H2,1-3H3,(H2,22,23,24). The van der Waals surface area contributed by atoms with Crippen molar-refractivity contribution in [1.82, 2.24) is 25.0 Å². The summed E-state index contributed by atoms with van der Waals surface area (Å²) < 4.78 is 3.44. The van der Waals surface area contributed by atoms with Crippen molar-refractivity contribution < 1.29 is 0 Å². The van der Waals surface area contributed by atoms with E-state index in [1.807, 2.05) is 4.57 Å². The predicted molar refractivity (Wildman–Crippen MR) is 113 cm³/mol. The molecule has 0 atom stereocenters. The first-order valence-electron chi connectivity index (χ1n) is 10.3. The smallest absolute Gasteiger partial charge is 0.345 e. The molecule has 3 rings (SSSR count). The molecule has 1 aliphatic heterocycles. The number of hydrogen-bond donors (Lipinski definition) is 2. The second-order valence-corrected chi connectivity index (χ2v) is 7.44. The number of guanidine groups is 1. The maximum Gasteiger partial charge on any atom is 0.345 e. The number of aryl methyl sites for hydroxylation is 4. The van der Waals surface area contributed by atoms with Gasteiger partial charge in [-0.1, -0.05) is 23.8 Å². The lowest BCUT2D eigenvalue weighted by atomic mass is 10.1. The molecule has 0 amide bonds. The van der Waals surface area contributed by atoms with Gasteiger partial charge in [-0.15, -0.1) is 0 Å². The Labute approximate surface area is 166 Å². The highest BCUT2D eigenvalue weighted by molar-refractivity contribution is 5.79. The van der Waals surface area contributed by atoms with Crippen LogP contribution in [0.3, 0.4) is 0 Å². The molecule has 28 heavy (non-hydrogen) atoms. The van der Waals surface area contributed by atoms with Crippen LogP contribution in [-0.4, -0.2) is 33.4 Å². The monoisotopic (exact) mass is 384 g/mol. The lowest BCUT2D eigenvalue weighted by Crippen LogP contribution is -2.38. The average molecular weight is 385 g/mol. The molecule has 2 N–H and O–H groups in total. The minimum Gasteiger partial charge on any atom is -0.357 e. The first-order valence-corrected chi connectivity index (χ1v) is 10.3. The molecule has 0 saturated carbocycles. The molecule has 2 heterocycles. The van der Waals surface area contributed by atoms with Gasteiger partial charge in [-0.2, -0.15) is 5.10 Å². The molecular weight excluding hydrogens is 352 g/mol. The highest BCUT2D eigenvalue weighted by Gasteiger charge is 2.16. The van der Waals surface area contributed by atoms with Gasteiger partial charge in [0.05, 0.1) is 6.54 Å². The third-order valence-electron chi connectivity index (χ3n) is 5.12. The zero-order valence-corrected chi connectivity index (χ0v) is 17.3. The third kappa shape index (κ3) is 5.03. The summed E-state index contributed by atoms with van der Waals surface area (Å²) >= 11 is 0. The summed E-state index contributed by atoms with van der Waals surface area (Å²) in [6, 6.07) is 6.46. The fraction of sp³-hybridized carbons (Fsp3) is 0.571. The maximum absolute atomic E-state index is 12.4. The van der Waals surface area contributed by atoms with Gasteiger partial charge >= 0.3 is 5.69 Å². The van der Waals surface area contributed by atoms with E-state index in [0.717, 1.165) is 57.1 Å². The Balaban J connectivity index is 1.52. The van der Waals surface area contributed by atoms with Crippen molar-refractivity contribution in [3.63, 3.8) is 0 Å². The van der Waals surface area contributed by atoms with E-state index in [-0.39, 0.29) is 5.69 Å². The first-order chi connectivity index (χ1) is 13.6. The fourth-order valence-electron chi connectivity index (χ4n) is 3.56. The summed E-state index contributed by atoms with van der Waals surface area (Å²) in [6.45, 7) is 9.93. The van der Waals surface area contributed by atoms with Crippen molar-refractivity contribution in [2.45, 2.75) is 66.1 Å². The third-order valence-corrected chi connectivity index (χ3v) is 5.12. The van der Waals surface area contributed by atoms with Gasteiger partial charge < -0.3 is 10.6 Å². The minimum absolute atomic E-state index is 0.0325. The molecule has 0 radical (unpaired) electrons. The Kier molecular flexibility index (Phi) is 6.90. The molecule has 1 aliphatic rings. The van der Waals surface area contributed by atoms with Gasteiger partial charge in [-0.25, -0.2) is 14.5 Å².